The Labute approximate surface area is 568 Å². The van der Waals surface area contributed by atoms with Crippen molar-refractivity contribution >= 4 is 39.5 Å². The maximum atomic E-state index is 13.1. The predicted octanol–water partition coefficient (Wildman–Crippen LogP) is 21.4. The van der Waals surface area contributed by atoms with Gasteiger partial charge in [-0.3, -0.25) is 37.3 Å². The Kier molecular flexibility index (Phi) is 63.4. The fourth-order valence-electron chi connectivity index (χ4n) is 11.2. The molecule has 0 aromatic carbocycles. The van der Waals surface area contributed by atoms with Gasteiger partial charge in [0.05, 0.1) is 26.4 Å². The van der Waals surface area contributed by atoms with Gasteiger partial charge in [0.1, 0.15) is 19.3 Å². The number of aliphatic hydroxyl groups is 1. The lowest BCUT2D eigenvalue weighted by atomic mass is 10.0. The highest BCUT2D eigenvalue weighted by Crippen LogP contribution is 2.45. The number of hydrogen-bond donors (Lipinski definition) is 3. The summed E-state index contributed by atoms with van der Waals surface area (Å²) in [6.07, 6.45) is 50.2. The minimum absolute atomic E-state index is 0.104. The number of esters is 4. The molecular formula is C74H144O17P2. The van der Waals surface area contributed by atoms with Gasteiger partial charge < -0.3 is 33.8 Å². The molecule has 552 valence electrons. The van der Waals surface area contributed by atoms with Crippen LogP contribution in [0.25, 0.3) is 0 Å². The third-order valence-electron chi connectivity index (χ3n) is 17.1. The summed E-state index contributed by atoms with van der Waals surface area (Å²) < 4.78 is 68.3. The molecule has 0 fully saturated rings. The molecule has 0 aromatic heterocycles. The van der Waals surface area contributed by atoms with Crippen LogP contribution in [-0.2, 0) is 65.4 Å². The average molecular weight is 1370 g/mol. The molecule has 0 saturated carbocycles. The third kappa shape index (κ3) is 68.4. The molecule has 0 aliphatic heterocycles. The lowest BCUT2D eigenvalue weighted by molar-refractivity contribution is -0.161. The molecule has 0 saturated heterocycles. The number of aliphatic hydroxyl groups excluding tert-OH is 1. The zero-order chi connectivity index (χ0) is 68.7. The van der Waals surface area contributed by atoms with Crippen LogP contribution >= 0.6 is 15.6 Å². The van der Waals surface area contributed by atoms with Crippen molar-refractivity contribution < 1.29 is 80.2 Å². The van der Waals surface area contributed by atoms with E-state index in [0.717, 1.165) is 120 Å². The molecule has 0 aliphatic rings. The van der Waals surface area contributed by atoms with Crippen molar-refractivity contribution in [2.45, 2.75) is 394 Å². The van der Waals surface area contributed by atoms with Crippen molar-refractivity contribution in [3.05, 3.63) is 0 Å². The first-order valence-corrected chi connectivity index (χ1v) is 41.3. The van der Waals surface area contributed by atoms with E-state index in [1.54, 1.807) is 0 Å². The molecule has 0 amide bonds. The Morgan fingerprint density at radius 3 is 0.731 bits per heavy atom. The summed E-state index contributed by atoms with van der Waals surface area (Å²) in [4.78, 5) is 72.6. The number of unbranched alkanes of at least 4 members (excludes halogenated alkanes) is 40. The second-order valence-corrected chi connectivity index (χ2v) is 31.0. The number of hydrogen-bond acceptors (Lipinski definition) is 15. The first kappa shape index (κ1) is 91.1. The van der Waals surface area contributed by atoms with E-state index in [4.69, 9.17) is 37.0 Å². The van der Waals surface area contributed by atoms with E-state index in [0.29, 0.717) is 25.7 Å². The number of phosphoric ester groups is 2. The lowest BCUT2D eigenvalue weighted by Crippen LogP contribution is -2.30. The van der Waals surface area contributed by atoms with Crippen molar-refractivity contribution in [1.82, 2.24) is 0 Å². The van der Waals surface area contributed by atoms with Gasteiger partial charge in [-0.1, -0.05) is 325 Å². The number of phosphoric acid groups is 2. The lowest BCUT2D eigenvalue weighted by Gasteiger charge is -2.21. The molecular weight excluding hydrogens is 1220 g/mol. The minimum atomic E-state index is -4.96. The SMILES string of the molecule is CCCCCCCCCC(=O)OC[C@H](COP(=O)(O)OC[C@H](O)COP(=O)(O)OC[C@@H](COC(=O)CCCCCCCCCCCCCCCCC(C)C)OC(=O)CCCCCCCCCCCCCCCCCC(C)C)OC(=O)CCCCCCCCCCC(C)C. The van der Waals surface area contributed by atoms with Crippen molar-refractivity contribution in [3.8, 4) is 0 Å². The maximum absolute atomic E-state index is 13.1. The zero-order valence-corrected chi connectivity index (χ0v) is 62.5. The van der Waals surface area contributed by atoms with Gasteiger partial charge in [-0.15, -0.1) is 0 Å². The van der Waals surface area contributed by atoms with Crippen molar-refractivity contribution in [2.24, 2.45) is 17.8 Å². The standard InChI is InChI=1S/C74H144O17P2/c1-8-9-10-11-31-41-48-55-71(76)84-61-69(91-74(79)58-51-44-37-30-29-34-40-47-54-67(6)7)63-88-92(80,81)86-59-68(75)60-87-93(82,83)89-64-70(62-85-72(77)56-49-42-35-27-23-19-16-15-18-22-26-33-39-46-53-66(4)5)90-73(78)57-50-43-36-28-24-20-14-12-13-17-21-25-32-38-45-52-65(2)3/h65-70,75H,8-64H2,1-7H3,(H,80,81)(H,82,83)/t68-,69+,70+/m0/s1. The Morgan fingerprint density at radius 1 is 0.290 bits per heavy atom. The molecule has 0 heterocycles. The van der Waals surface area contributed by atoms with Crippen LogP contribution < -0.4 is 0 Å². The van der Waals surface area contributed by atoms with E-state index in [1.807, 2.05) is 0 Å². The van der Waals surface area contributed by atoms with Crippen LogP contribution in [-0.4, -0.2) is 96.7 Å². The van der Waals surface area contributed by atoms with Gasteiger partial charge in [0, 0.05) is 25.7 Å². The summed E-state index contributed by atoms with van der Waals surface area (Å²) >= 11 is 0. The normalized spacial score (nSPS) is 14.1. The first-order chi connectivity index (χ1) is 44.7. The molecule has 0 rings (SSSR count). The van der Waals surface area contributed by atoms with Crippen LogP contribution in [0.3, 0.4) is 0 Å². The van der Waals surface area contributed by atoms with Crippen LogP contribution in [0.5, 0.6) is 0 Å². The average Bonchev–Trinajstić information content (AvgIpc) is 1.54. The van der Waals surface area contributed by atoms with Crippen molar-refractivity contribution in [1.29, 1.82) is 0 Å². The zero-order valence-electron chi connectivity index (χ0n) is 60.7. The van der Waals surface area contributed by atoms with Crippen LogP contribution in [0.4, 0.5) is 0 Å². The quantitative estimate of drug-likeness (QED) is 0.0222. The highest BCUT2D eigenvalue weighted by atomic mass is 31.2. The van der Waals surface area contributed by atoms with Gasteiger partial charge in [-0.2, -0.15) is 0 Å². The Hall–Kier alpha value is -1.94. The highest BCUT2D eigenvalue weighted by molar-refractivity contribution is 7.47. The second kappa shape index (κ2) is 64.7. The van der Waals surface area contributed by atoms with E-state index in [-0.39, 0.29) is 25.7 Å². The van der Waals surface area contributed by atoms with E-state index in [1.165, 1.54) is 173 Å². The molecule has 19 heteroatoms. The Morgan fingerprint density at radius 2 is 0.495 bits per heavy atom. The summed E-state index contributed by atoms with van der Waals surface area (Å²) in [5.74, 6) is 0.194. The molecule has 0 radical (unpaired) electrons. The monoisotopic (exact) mass is 1370 g/mol. The first-order valence-electron chi connectivity index (χ1n) is 38.3. The van der Waals surface area contributed by atoms with Crippen molar-refractivity contribution in [3.63, 3.8) is 0 Å². The predicted molar refractivity (Wildman–Crippen MR) is 377 cm³/mol. The topological polar surface area (TPSA) is 237 Å². The van der Waals surface area contributed by atoms with Crippen LogP contribution in [0.2, 0.25) is 0 Å². The van der Waals surface area contributed by atoms with E-state index in [2.05, 4.69) is 48.5 Å². The van der Waals surface area contributed by atoms with Crippen molar-refractivity contribution in [2.75, 3.05) is 39.6 Å². The molecule has 0 aliphatic carbocycles. The summed E-state index contributed by atoms with van der Waals surface area (Å²) in [6.45, 7) is 11.8. The van der Waals surface area contributed by atoms with Crippen LogP contribution in [0.1, 0.15) is 376 Å². The highest BCUT2D eigenvalue weighted by Gasteiger charge is 2.30. The number of carbonyl (C=O) groups is 4. The minimum Gasteiger partial charge on any atom is -0.462 e. The van der Waals surface area contributed by atoms with Gasteiger partial charge in [0.15, 0.2) is 12.2 Å². The van der Waals surface area contributed by atoms with Gasteiger partial charge in [0.2, 0.25) is 0 Å². The van der Waals surface area contributed by atoms with Crippen LogP contribution in [0.15, 0.2) is 0 Å². The van der Waals surface area contributed by atoms with Gasteiger partial charge in [0.25, 0.3) is 0 Å². The third-order valence-corrected chi connectivity index (χ3v) is 19.0. The van der Waals surface area contributed by atoms with E-state index in [9.17, 15) is 43.2 Å². The molecule has 0 aromatic rings. The van der Waals surface area contributed by atoms with Gasteiger partial charge in [-0.25, -0.2) is 9.13 Å². The number of ether oxygens (including phenoxy) is 4. The maximum Gasteiger partial charge on any atom is 0.472 e. The fourth-order valence-corrected chi connectivity index (χ4v) is 12.8. The smallest absolute Gasteiger partial charge is 0.462 e. The second-order valence-electron chi connectivity index (χ2n) is 28.1. The Bertz CT molecular complexity index is 1820. The molecule has 93 heavy (non-hydrogen) atoms. The molecule has 5 atom stereocenters. The summed E-state index contributed by atoms with van der Waals surface area (Å²) in [5, 5.41) is 10.6. The molecule has 0 bridgehead atoms. The summed E-state index contributed by atoms with van der Waals surface area (Å²) in [7, 11) is -9.90. The molecule has 0 spiro atoms. The summed E-state index contributed by atoms with van der Waals surface area (Å²) in [6, 6.07) is 0. The molecule has 2 unspecified atom stereocenters. The van der Waals surface area contributed by atoms with E-state index >= 15 is 0 Å². The van der Waals surface area contributed by atoms with Gasteiger partial charge in [-0.05, 0) is 43.4 Å². The molecule has 17 nitrogen and oxygen atoms in total. The van der Waals surface area contributed by atoms with Gasteiger partial charge >= 0.3 is 39.5 Å². The number of carbonyl (C=O) groups excluding carboxylic acids is 4. The van der Waals surface area contributed by atoms with E-state index < -0.39 is 97.5 Å². The number of rotatable bonds is 72. The largest absolute Gasteiger partial charge is 0.472 e. The molecule has 3 N–H and O–H groups in total. The fraction of sp³-hybridized carbons (Fsp3) is 0.946. The van der Waals surface area contributed by atoms with Crippen LogP contribution in [0, 0.1) is 17.8 Å². The Balaban J connectivity index is 5.19. The summed E-state index contributed by atoms with van der Waals surface area (Å²) in [5.41, 5.74) is 0.